The Kier molecular flexibility index (Phi) is 7.97. The summed E-state index contributed by atoms with van der Waals surface area (Å²) in [6, 6.07) is 0.839. The van der Waals surface area contributed by atoms with Gasteiger partial charge >= 0.3 is 14.5 Å². The second kappa shape index (κ2) is 8.05. The molecule has 0 amide bonds. The van der Waals surface area contributed by atoms with Gasteiger partial charge in [0.25, 0.3) is 0 Å². The molecule has 0 aromatic heterocycles. The number of hydrogen-bond donors (Lipinski definition) is 0. The maximum absolute atomic E-state index is 11.6. The molecule has 0 saturated heterocycles. The summed E-state index contributed by atoms with van der Waals surface area (Å²) in [5, 5.41) is 0. The van der Waals surface area contributed by atoms with E-state index in [-0.39, 0.29) is 12.1 Å². The van der Waals surface area contributed by atoms with Gasteiger partial charge in [0, 0.05) is 5.57 Å². The molecule has 0 saturated carbocycles. The first-order valence-electron chi connectivity index (χ1n) is 7.90. The summed E-state index contributed by atoms with van der Waals surface area (Å²) in [5.74, 6) is -0.326. The maximum Gasteiger partial charge on any atom is 0.333 e. The van der Waals surface area contributed by atoms with Gasteiger partial charge in [-0.25, -0.2) is 4.79 Å². The fourth-order valence-electron chi connectivity index (χ4n) is 2.23. The van der Waals surface area contributed by atoms with Gasteiger partial charge in [0.15, 0.2) is 16.6 Å². The Labute approximate surface area is 139 Å². The molecular weight excluding hydrogens is 328 g/mol. The van der Waals surface area contributed by atoms with E-state index in [2.05, 4.69) is 52.4 Å². The zero-order chi connectivity index (χ0) is 17.8. The molecule has 7 heteroatoms. The summed E-state index contributed by atoms with van der Waals surface area (Å²) in [4.78, 5) is 11.6. The van der Waals surface area contributed by atoms with E-state index >= 15 is 0 Å². The van der Waals surface area contributed by atoms with E-state index in [1.807, 2.05) is 6.92 Å². The normalized spacial score (nSPS) is 14.6. The molecule has 0 aliphatic carbocycles. The largest absolute Gasteiger partial charge is 0.459 e. The Bertz CT molecular complexity index is 381. The van der Waals surface area contributed by atoms with Crippen molar-refractivity contribution in [2.45, 2.75) is 78.2 Å². The van der Waals surface area contributed by atoms with E-state index < -0.39 is 25.2 Å². The van der Waals surface area contributed by atoms with Crippen molar-refractivity contribution in [1.82, 2.24) is 0 Å². The summed E-state index contributed by atoms with van der Waals surface area (Å²) < 4.78 is 18.2. The summed E-state index contributed by atoms with van der Waals surface area (Å²) in [5.41, 5.74) is 0.434. The lowest BCUT2D eigenvalue weighted by atomic mass is 10.3. The number of esters is 1. The summed E-state index contributed by atoms with van der Waals surface area (Å²) >= 11 is 0. The number of ether oxygens (including phenoxy) is 1. The van der Waals surface area contributed by atoms with Crippen LogP contribution in [0.1, 0.15) is 20.3 Å². The molecule has 0 aliphatic heterocycles. The van der Waals surface area contributed by atoms with Gasteiger partial charge in [0.1, 0.15) is 0 Å². The predicted molar refractivity (Wildman–Crippen MR) is 100 cm³/mol. The standard InChI is InChI=1S/C15H34O4Si3/c1-13(2)15(16)17-14(3)11-12-22(10,18-20(4,5)6)19-21(7,8)9/h14H,1,11-12H2,2-10H3. The van der Waals surface area contributed by atoms with E-state index in [1.165, 1.54) is 0 Å². The Morgan fingerprint density at radius 2 is 1.41 bits per heavy atom. The quantitative estimate of drug-likeness (QED) is 0.340. The lowest BCUT2D eigenvalue weighted by molar-refractivity contribution is -0.143. The van der Waals surface area contributed by atoms with Crippen LogP contribution in [0.4, 0.5) is 0 Å². The first-order chi connectivity index (χ1) is 9.64. The fraction of sp³-hybridized carbons (Fsp3) is 0.800. The van der Waals surface area contributed by atoms with Gasteiger partial charge in [0.05, 0.1) is 6.10 Å². The van der Waals surface area contributed by atoms with Crippen LogP contribution in [0.15, 0.2) is 12.2 Å². The van der Waals surface area contributed by atoms with Crippen molar-refractivity contribution in [1.29, 1.82) is 0 Å². The van der Waals surface area contributed by atoms with Crippen molar-refractivity contribution in [2.75, 3.05) is 0 Å². The highest BCUT2D eigenvalue weighted by Crippen LogP contribution is 2.26. The number of hydrogen-bond acceptors (Lipinski definition) is 4. The molecule has 0 aromatic carbocycles. The minimum atomic E-state index is -2.25. The van der Waals surface area contributed by atoms with Gasteiger partial charge in [-0.05, 0) is 72.1 Å². The van der Waals surface area contributed by atoms with Crippen LogP contribution in [-0.4, -0.2) is 37.3 Å². The molecule has 4 nitrogen and oxygen atoms in total. The van der Waals surface area contributed by atoms with Crippen LogP contribution in [-0.2, 0) is 17.8 Å². The third-order valence-corrected chi connectivity index (χ3v) is 12.3. The second-order valence-corrected chi connectivity index (χ2v) is 20.9. The molecule has 1 atom stereocenters. The van der Waals surface area contributed by atoms with Crippen molar-refractivity contribution in [3.8, 4) is 0 Å². The molecular formula is C15H34O4Si3. The molecule has 0 aromatic rings. The van der Waals surface area contributed by atoms with Gasteiger partial charge in [-0.3, -0.25) is 0 Å². The average molecular weight is 363 g/mol. The maximum atomic E-state index is 11.6. The molecule has 0 rings (SSSR count). The van der Waals surface area contributed by atoms with Crippen LogP contribution in [0, 0.1) is 0 Å². The van der Waals surface area contributed by atoms with Crippen LogP contribution in [0.5, 0.6) is 0 Å². The van der Waals surface area contributed by atoms with E-state index in [0.717, 1.165) is 12.5 Å². The van der Waals surface area contributed by atoms with E-state index in [1.54, 1.807) is 6.92 Å². The van der Waals surface area contributed by atoms with Crippen molar-refractivity contribution < 1.29 is 17.8 Å². The molecule has 22 heavy (non-hydrogen) atoms. The molecule has 0 fully saturated rings. The van der Waals surface area contributed by atoms with Crippen LogP contribution in [0.3, 0.4) is 0 Å². The lowest BCUT2D eigenvalue weighted by Gasteiger charge is -2.39. The van der Waals surface area contributed by atoms with E-state index in [0.29, 0.717) is 5.57 Å². The Hall–Kier alpha value is -0.219. The van der Waals surface area contributed by atoms with Gasteiger partial charge in [-0.1, -0.05) is 6.58 Å². The lowest BCUT2D eigenvalue weighted by Crippen LogP contribution is -2.52. The highest BCUT2D eigenvalue weighted by Gasteiger charge is 2.40. The van der Waals surface area contributed by atoms with Crippen molar-refractivity contribution >= 4 is 31.2 Å². The Balaban J connectivity index is 4.78. The smallest absolute Gasteiger partial charge is 0.333 e. The highest BCUT2D eigenvalue weighted by atomic mass is 28.5. The molecule has 0 bridgehead atoms. The van der Waals surface area contributed by atoms with Gasteiger partial charge in [0.2, 0.25) is 0 Å². The van der Waals surface area contributed by atoms with Gasteiger partial charge < -0.3 is 13.0 Å². The van der Waals surface area contributed by atoms with Crippen molar-refractivity contribution in [3.63, 3.8) is 0 Å². The molecule has 0 aliphatic rings. The van der Waals surface area contributed by atoms with Crippen molar-refractivity contribution in [2.24, 2.45) is 0 Å². The van der Waals surface area contributed by atoms with Crippen molar-refractivity contribution in [3.05, 3.63) is 12.2 Å². The van der Waals surface area contributed by atoms with Crippen LogP contribution in [0.25, 0.3) is 0 Å². The van der Waals surface area contributed by atoms with Gasteiger partial charge in [-0.2, -0.15) is 0 Å². The van der Waals surface area contributed by atoms with E-state index in [4.69, 9.17) is 13.0 Å². The zero-order valence-corrected chi connectivity index (χ0v) is 18.8. The SMILES string of the molecule is C=C(C)C(=O)OC(C)CC[Si](C)(O[Si](C)(C)C)O[Si](C)(C)C. The monoisotopic (exact) mass is 362 g/mol. The molecule has 0 spiro atoms. The topological polar surface area (TPSA) is 44.8 Å². The zero-order valence-electron chi connectivity index (χ0n) is 15.8. The minimum absolute atomic E-state index is 0.147. The summed E-state index contributed by atoms with van der Waals surface area (Å²) in [7, 11) is -5.61. The Morgan fingerprint density at radius 1 is 1.00 bits per heavy atom. The summed E-state index contributed by atoms with van der Waals surface area (Å²) in [6.07, 6.45) is 0.614. The molecule has 0 N–H and O–H groups in total. The van der Waals surface area contributed by atoms with Crippen LogP contribution < -0.4 is 0 Å². The molecule has 130 valence electrons. The average Bonchev–Trinajstić information content (AvgIpc) is 2.20. The number of carbonyl (C=O) groups is 1. The molecule has 0 radical (unpaired) electrons. The first-order valence-corrected chi connectivity index (χ1v) is 17.2. The molecule has 1 unspecified atom stereocenters. The number of carbonyl (C=O) groups excluding carboxylic acids is 1. The third-order valence-electron chi connectivity index (χ3n) is 2.71. The predicted octanol–water partition coefficient (Wildman–Crippen LogP) is 4.66. The first kappa shape index (κ1) is 21.8. The van der Waals surface area contributed by atoms with Crippen LogP contribution >= 0.6 is 0 Å². The number of rotatable bonds is 9. The van der Waals surface area contributed by atoms with E-state index in [9.17, 15) is 4.79 Å². The second-order valence-electron chi connectivity index (χ2n) is 8.10. The summed E-state index contributed by atoms with van der Waals surface area (Å²) in [6.45, 7) is 22.5. The fourth-order valence-corrected chi connectivity index (χ4v) is 14.9. The molecule has 0 heterocycles. The highest BCUT2D eigenvalue weighted by molar-refractivity contribution is 6.87. The van der Waals surface area contributed by atoms with Gasteiger partial charge in [-0.15, -0.1) is 0 Å². The third kappa shape index (κ3) is 10.5. The van der Waals surface area contributed by atoms with Crippen LogP contribution in [0.2, 0.25) is 51.9 Å². The Morgan fingerprint density at radius 3 is 1.73 bits per heavy atom. The minimum Gasteiger partial charge on any atom is -0.459 e.